The van der Waals surface area contributed by atoms with Crippen LogP contribution in [0.25, 0.3) is 0 Å². The Morgan fingerprint density at radius 2 is 2.14 bits per heavy atom. The number of hydrogen-bond donors (Lipinski definition) is 1. The standard InChI is InChI=1S/C11H14FNO/c1-14-9-4-2-8(3-5-9)6-11-10(12)7-13-11/h2-5,10-11,13H,6-7H2,1H3/t10-,11-/m1/s1. The van der Waals surface area contributed by atoms with E-state index in [0.717, 1.165) is 17.7 Å². The van der Waals surface area contributed by atoms with E-state index in [9.17, 15) is 4.39 Å². The molecule has 2 atom stereocenters. The van der Waals surface area contributed by atoms with Gasteiger partial charge in [-0.15, -0.1) is 0 Å². The van der Waals surface area contributed by atoms with Crippen LogP contribution in [-0.4, -0.2) is 25.9 Å². The highest BCUT2D eigenvalue weighted by molar-refractivity contribution is 5.28. The largest absolute Gasteiger partial charge is 0.497 e. The lowest BCUT2D eigenvalue weighted by atomic mass is 9.96. The minimum atomic E-state index is -0.683. The molecule has 14 heavy (non-hydrogen) atoms. The maximum atomic E-state index is 12.9. The Bertz CT molecular complexity index is 299. The summed E-state index contributed by atoms with van der Waals surface area (Å²) in [4.78, 5) is 0. The SMILES string of the molecule is COc1ccc(C[C@H]2NC[C@H]2F)cc1. The predicted molar refractivity (Wildman–Crippen MR) is 53.4 cm³/mol. The monoisotopic (exact) mass is 195 g/mol. The van der Waals surface area contributed by atoms with Crippen LogP contribution in [0.3, 0.4) is 0 Å². The predicted octanol–water partition coefficient (Wildman–Crippen LogP) is 1.55. The van der Waals surface area contributed by atoms with Crippen LogP contribution in [0.4, 0.5) is 4.39 Å². The Kier molecular flexibility index (Phi) is 2.68. The van der Waals surface area contributed by atoms with Crippen LogP contribution in [-0.2, 0) is 6.42 Å². The van der Waals surface area contributed by atoms with E-state index in [2.05, 4.69) is 5.32 Å². The minimum absolute atomic E-state index is 0.00314. The third kappa shape index (κ3) is 1.87. The summed E-state index contributed by atoms with van der Waals surface area (Å²) >= 11 is 0. The molecule has 0 bridgehead atoms. The van der Waals surface area contributed by atoms with Crippen LogP contribution in [0.15, 0.2) is 24.3 Å². The first kappa shape index (κ1) is 9.46. The highest BCUT2D eigenvalue weighted by Crippen LogP contribution is 2.17. The van der Waals surface area contributed by atoms with Gasteiger partial charge in [0.05, 0.1) is 7.11 Å². The zero-order valence-electron chi connectivity index (χ0n) is 8.16. The summed E-state index contributed by atoms with van der Waals surface area (Å²) < 4.78 is 18.0. The van der Waals surface area contributed by atoms with E-state index in [1.807, 2.05) is 24.3 Å². The summed E-state index contributed by atoms with van der Waals surface area (Å²) in [6, 6.07) is 7.77. The average molecular weight is 195 g/mol. The second kappa shape index (κ2) is 3.96. The van der Waals surface area contributed by atoms with E-state index in [-0.39, 0.29) is 6.04 Å². The van der Waals surface area contributed by atoms with Crippen LogP contribution < -0.4 is 10.1 Å². The van der Waals surface area contributed by atoms with Gasteiger partial charge in [0.2, 0.25) is 0 Å². The van der Waals surface area contributed by atoms with Crippen LogP contribution in [0.2, 0.25) is 0 Å². The summed E-state index contributed by atoms with van der Waals surface area (Å²) in [5.41, 5.74) is 1.14. The van der Waals surface area contributed by atoms with Crippen molar-refractivity contribution in [3.63, 3.8) is 0 Å². The Morgan fingerprint density at radius 1 is 1.43 bits per heavy atom. The molecule has 1 aromatic rings. The molecule has 0 unspecified atom stereocenters. The van der Waals surface area contributed by atoms with Crippen LogP contribution in [0.5, 0.6) is 5.75 Å². The fraction of sp³-hybridized carbons (Fsp3) is 0.455. The molecule has 0 aromatic heterocycles. The molecule has 1 aliphatic heterocycles. The third-order valence-electron chi connectivity index (χ3n) is 2.63. The van der Waals surface area contributed by atoms with Crippen molar-refractivity contribution in [1.82, 2.24) is 5.32 Å². The van der Waals surface area contributed by atoms with Gasteiger partial charge in [-0.05, 0) is 24.1 Å². The molecule has 2 rings (SSSR count). The topological polar surface area (TPSA) is 21.3 Å². The van der Waals surface area contributed by atoms with E-state index < -0.39 is 6.17 Å². The molecule has 1 heterocycles. The zero-order chi connectivity index (χ0) is 9.97. The maximum Gasteiger partial charge on any atom is 0.128 e. The average Bonchev–Trinajstić information content (AvgIpc) is 2.24. The highest BCUT2D eigenvalue weighted by atomic mass is 19.1. The van der Waals surface area contributed by atoms with E-state index in [4.69, 9.17) is 4.74 Å². The molecule has 1 fully saturated rings. The number of nitrogens with one attached hydrogen (secondary N) is 1. The van der Waals surface area contributed by atoms with Gasteiger partial charge in [-0.1, -0.05) is 12.1 Å². The Balaban J connectivity index is 1.96. The molecule has 0 radical (unpaired) electrons. The van der Waals surface area contributed by atoms with Gasteiger partial charge >= 0.3 is 0 Å². The summed E-state index contributed by atoms with van der Waals surface area (Å²) in [6.07, 6.45) is 0.0719. The second-order valence-electron chi connectivity index (χ2n) is 3.58. The third-order valence-corrected chi connectivity index (χ3v) is 2.63. The quantitative estimate of drug-likeness (QED) is 0.790. The summed E-state index contributed by atoms with van der Waals surface area (Å²) in [5, 5.41) is 3.07. The van der Waals surface area contributed by atoms with E-state index in [0.29, 0.717) is 6.54 Å². The lowest BCUT2D eigenvalue weighted by Crippen LogP contribution is -2.55. The van der Waals surface area contributed by atoms with Crippen molar-refractivity contribution >= 4 is 0 Å². The molecule has 0 saturated carbocycles. The van der Waals surface area contributed by atoms with Gasteiger partial charge in [0.25, 0.3) is 0 Å². The van der Waals surface area contributed by atoms with E-state index >= 15 is 0 Å². The molecular weight excluding hydrogens is 181 g/mol. The maximum absolute atomic E-state index is 12.9. The smallest absolute Gasteiger partial charge is 0.128 e. The van der Waals surface area contributed by atoms with Crippen molar-refractivity contribution in [2.45, 2.75) is 18.6 Å². The summed E-state index contributed by atoms with van der Waals surface area (Å²) in [5.74, 6) is 0.840. The molecule has 0 aliphatic carbocycles. The van der Waals surface area contributed by atoms with Gasteiger partial charge in [-0.3, -0.25) is 0 Å². The molecule has 3 heteroatoms. The molecule has 0 amide bonds. The lowest BCUT2D eigenvalue weighted by molar-refractivity contribution is 0.158. The Morgan fingerprint density at radius 3 is 2.57 bits per heavy atom. The minimum Gasteiger partial charge on any atom is -0.497 e. The van der Waals surface area contributed by atoms with Gasteiger partial charge in [0, 0.05) is 12.6 Å². The number of methoxy groups -OCH3 is 1. The number of alkyl halides is 1. The van der Waals surface area contributed by atoms with Gasteiger partial charge in [0.1, 0.15) is 11.9 Å². The van der Waals surface area contributed by atoms with Gasteiger partial charge in [-0.2, -0.15) is 0 Å². The highest BCUT2D eigenvalue weighted by Gasteiger charge is 2.29. The second-order valence-corrected chi connectivity index (χ2v) is 3.58. The molecular formula is C11H14FNO. The van der Waals surface area contributed by atoms with Crippen molar-refractivity contribution in [3.8, 4) is 5.75 Å². The van der Waals surface area contributed by atoms with Gasteiger partial charge < -0.3 is 10.1 Å². The van der Waals surface area contributed by atoms with Crippen LogP contribution in [0.1, 0.15) is 5.56 Å². The van der Waals surface area contributed by atoms with Crippen molar-refractivity contribution < 1.29 is 9.13 Å². The Labute approximate surface area is 83.1 Å². The first-order chi connectivity index (χ1) is 6.79. The zero-order valence-corrected chi connectivity index (χ0v) is 8.16. The summed E-state index contributed by atoms with van der Waals surface area (Å²) in [6.45, 7) is 0.501. The first-order valence-corrected chi connectivity index (χ1v) is 4.80. The molecule has 76 valence electrons. The number of benzene rings is 1. The number of rotatable bonds is 3. The molecule has 1 saturated heterocycles. The number of ether oxygens (including phenoxy) is 1. The molecule has 1 N–H and O–H groups in total. The Hall–Kier alpha value is -1.09. The van der Waals surface area contributed by atoms with Crippen molar-refractivity contribution in [3.05, 3.63) is 29.8 Å². The lowest BCUT2D eigenvalue weighted by Gasteiger charge is -2.32. The van der Waals surface area contributed by atoms with Crippen molar-refractivity contribution in [1.29, 1.82) is 0 Å². The first-order valence-electron chi connectivity index (χ1n) is 4.80. The fourth-order valence-electron chi connectivity index (χ4n) is 1.59. The number of halogens is 1. The van der Waals surface area contributed by atoms with Crippen LogP contribution in [0, 0.1) is 0 Å². The van der Waals surface area contributed by atoms with Crippen molar-refractivity contribution in [2.24, 2.45) is 0 Å². The van der Waals surface area contributed by atoms with Crippen molar-refractivity contribution in [2.75, 3.05) is 13.7 Å². The van der Waals surface area contributed by atoms with Gasteiger partial charge in [-0.25, -0.2) is 4.39 Å². The van der Waals surface area contributed by atoms with E-state index in [1.165, 1.54) is 0 Å². The summed E-state index contributed by atoms with van der Waals surface area (Å²) in [7, 11) is 1.64. The normalized spacial score (nSPS) is 25.6. The molecule has 1 aromatic carbocycles. The van der Waals surface area contributed by atoms with Gasteiger partial charge in [0.15, 0.2) is 0 Å². The fourth-order valence-corrected chi connectivity index (χ4v) is 1.59. The van der Waals surface area contributed by atoms with E-state index in [1.54, 1.807) is 7.11 Å². The van der Waals surface area contributed by atoms with Crippen LogP contribution >= 0.6 is 0 Å². The molecule has 1 aliphatic rings. The number of hydrogen-bond acceptors (Lipinski definition) is 2. The molecule has 0 spiro atoms. The molecule has 2 nitrogen and oxygen atoms in total.